The predicted molar refractivity (Wildman–Crippen MR) is 282 cm³/mol. The number of aromatic nitrogens is 1. The van der Waals surface area contributed by atoms with E-state index in [1.54, 1.807) is 0 Å². The maximum atomic E-state index is 2.47. The van der Waals surface area contributed by atoms with Gasteiger partial charge in [-0.05, 0) is 114 Å². The van der Waals surface area contributed by atoms with Gasteiger partial charge in [0.05, 0.1) is 16.7 Å². The highest BCUT2D eigenvalue weighted by Gasteiger charge is 2.22. The second kappa shape index (κ2) is 15.5. The van der Waals surface area contributed by atoms with Crippen LogP contribution in [0.5, 0.6) is 0 Å². The first kappa shape index (κ1) is 37.8. The summed E-state index contributed by atoms with van der Waals surface area (Å²) in [5, 5.41) is 12.3. The Bertz CT molecular complexity index is 3960. The number of nitrogens with zero attached hydrogens (tertiary/aromatic N) is 2. The molecule has 13 aromatic rings. The second-order valence-electron chi connectivity index (χ2n) is 17.2. The average molecular weight is 839 g/mol. The quantitative estimate of drug-likeness (QED) is 0.145. The van der Waals surface area contributed by atoms with Crippen molar-refractivity contribution in [1.29, 1.82) is 0 Å². The summed E-state index contributed by atoms with van der Waals surface area (Å²) in [7, 11) is 0. The number of hydrogen-bond acceptors (Lipinski definition) is 1. The van der Waals surface area contributed by atoms with Crippen LogP contribution in [0.3, 0.4) is 0 Å². The van der Waals surface area contributed by atoms with Gasteiger partial charge < -0.3 is 9.47 Å². The van der Waals surface area contributed by atoms with Crippen molar-refractivity contribution in [3.05, 3.63) is 255 Å². The third-order valence-electron chi connectivity index (χ3n) is 13.5. The Labute approximate surface area is 383 Å². The molecule has 0 N–H and O–H groups in total. The van der Waals surface area contributed by atoms with Crippen molar-refractivity contribution in [3.8, 4) is 39.1 Å². The lowest BCUT2D eigenvalue weighted by Crippen LogP contribution is -2.10. The van der Waals surface area contributed by atoms with E-state index in [9.17, 15) is 0 Å². The molecule has 0 atom stereocenters. The summed E-state index contributed by atoms with van der Waals surface area (Å²) in [5.41, 5.74) is 14.1. The largest absolute Gasteiger partial charge is 0.310 e. The van der Waals surface area contributed by atoms with E-state index in [1.165, 1.54) is 92.7 Å². The highest BCUT2D eigenvalue weighted by Crippen LogP contribution is 2.48. The smallest absolute Gasteiger partial charge is 0.0619 e. The Morgan fingerprint density at radius 3 is 1.58 bits per heavy atom. The zero-order valence-electron chi connectivity index (χ0n) is 36.1. The summed E-state index contributed by atoms with van der Waals surface area (Å²) >= 11 is 0. The van der Waals surface area contributed by atoms with Crippen molar-refractivity contribution in [2.24, 2.45) is 0 Å². The fraction of sp³-hybridized carbons (Fsp3) is 0. The molecule has 0 saturated carbocycles. The highest BCUT2D eigenvalue weighted by molar-refractivity contribution is 6.23. The molecule has 0 spiro atoms. The van der Waals surface area contributed by atoms with E-state index < -0.39 is 0 Å². The minimum Gasteiger partial charge on any atom is -0.310 e. The van der Waals surface area contributed by atoms with Gasteiger partial charge in [-0.3, -0.25) is 0 Å². The number of anilines is 3. The highest BCUT2D eigenvalue weighted by atomic mass is 15.1. The summed E-state index contributed by atoms with van der Waals surface area (Å²) in [6.07, 6.45) is 0. The molecule has 13 rings (SSSR count). The fourth-order valence-corrected chi connectivity index (χ4v) is 10.7. The first-order valence-electron chi connectivity index (χ1n) is 22.8. The normalized spacial score (nSPS) is 11.6. The van der Waals surface area contributed by atoms with Gasteiger partial charge in [-0.1, -0.05) is 206 Å². The zero-order valence-corrected chi connectivity index (χ0v) is 36.1. The van der Waals surface area contributed by atoms with Crippen LogP contribution in [0.25, 0.3) is 104 Å². The van der Waals surface area contributed by atoms with Crippen LogP contribution in [-0.2, 0) is 0 Å². The van der Waals surface area contributed by atoms with E-state index in [4.69, 9.17) is 0 Å². The molecule has 0 aliphatic carbocycles. The van der Waals surface area contributed by atoms with E-state index in [0.717, 1.165) is 28.3 Å². The SMILES string of the molecule is c1ccc(-c2c(-c3ccccc3)c3cc(N(c4ccc(-c5cccc6c7ccccc7n(-c7ccccc7)c56)cc4)c4cccc5c4ccc4ccccc45)ccc3c3ccccc23)cc1. The number of rotatable bonds is 7. The molecule has 0 radical (unpaired) electrons. The minimum absolute atomic E-state index is 1.08. The lowest BCUT2D eigenvalue weighted by Gasteiger charge is -2.28. The lowest BCUT2D eigenvalue weighted by atomic mass is 9.85. The van der Waals surface area contributed by atoms with Gasteiger partial charge in [-0.15, -0.1) is 0 Å². The van der Waals surface area contributed by atoms with E-state index in [0.29, 0.717) is 0 Å². The average Bonchev–Trinajstić information content (AvgIpc) is 3.74. The number of para-hydroxylation sites is 3. The van der Waals surface area contributed by atoms with Crippen LogP contribution in [0.4, 0.5) is 17.1 Å². The van der Waals surface area contributed by atoms with Crippen molar-refractivity contribution in [1.82, 2.24) is 4.57 Å². The maximum Gasteiger partial charge on any atom is 0.0619 e. The topological polar surface area (TPSA) is 8.17 Å². The van der Waals surface area contributed by atoms with Crippen LogP contribution >= 0.6 is 0 Å². The summed E-state index contributed by atoms with van der Waals surface area (Å²) in [5.74, 6) is 0. The van der Waals surface area contributed by atoms with E-state index in [1.807, 2.05) is 0 Å². The van der Waals surface area contributed by atoms with Crippen molar-refractivity contribution in [3.63, 3.8) is 0 Å². The lowest BCUT2D eigenvalue weighted by molar-refractivity contribution is 1.18. The standard InChI is InChI=1S/C64H42N2/c1-4-19-45(20-5-1)62-57-28-13-12-26-53(57)54-41-39-49(42-59(54)63(62)46-21-6-2-7-22-46)65(60-33-17-30-52-50-25-11-10-18-43(50)36-40-56(52)60)48-37-34-44(35-38-48)51-29-16-31-58-55-27-14-15-32-61(55)66(64(51)58)47-23-8-3-9-24-47/h1-42H. The van der Waals surface area contributed by atoms with Crippen LogP contribution in [0.2, 0.25) is 0 Å². The molecule has 0 saturated heterocycles. The van der Waals surface area contributed by atoms with Gasteiger partial charge >= 0.3 is 0 Å². The van der Waals surface area contributed by atoms with Gasteiger partial charge in [0.2, 0.25) is 0 Å². The molecule has 0 unspecified atom stereocenters. The van der Waals surface area contributed by atoms with Crippen molar-refractivity contribution < 1.29 is 0 Å². The van der Waals surface area contributed by atoms with Crippen molar-refractivity contribution in [2.45, 2.75) is 0 Å². The Morgan fingerprint density at radius 1 is 0.288 bits per heavy atom. The fourth-order valence-electron chi connectivity index (χ4n) is 10.7. The number of fused-ring (bicyclic) bond motifs is 9. The van der Waals surface area contributed by atoms with Crippen LogP contribution in [0, 0.1) is 0 Å². The number of benzene rings is 12. The Balaban J connectivity index is 1.07. The molecule has 0 fully saturated rings. The summed E-state index contributed by atoms with van der Waals surface area (Å²) in [6, 6.07) is 93.3. The van der Waals surface area contributed by atoms with E-state index in [-0.39, 0.29) is 0 Å². The Kier molecular flexibility index (Phi) is 8.89. The summed E-state index contributed by atoms with van der Waals surface area (Å²) in [4.78, 5) is 2.47. The van der Waals surface area contributed by atoms with Crippen molar-refractivity contribution in [2.75, 3.05) is 4.90 Å². The third kappa shape index (κ3) is 6.04. The molecule has 2 heteroatoms. The molecule has 1 heterocycles. The first-order chi connectivity index (χ1) is 32.8. The minimum atomic E-state index is 1.08. The van der Waals surface area contributed by atoms with Crippen molar-refractivity contribution >= 4 is 82.0 Å². The Hall–Kier alpha value is -8.72. The van der Waals surface area contributed by atoms with Gasteiger partial charge in [-0.25, -0.2) is 0 Å². The maximum absolute atomic E-state index is 2.47. The van der Waals surface area contributed by atoms with Crippen LogP contribution in [-0.4, -0.2) is 4.57 Å². The predicted octanol–water partition coefficient (Wildman–Crippen LogP) is 17.9. The molecule has 66 heavy (non-hydrogen) atoms. The Morgan fingerprint density at radius 2 is 0.818 bits per heavy atom. The van der Waals surface area contributed by atoms with Crippen LogP contribution in [0.15, 0.2) is 255 Å². The molecule has 2 nitrogen and oxygen atoms in total. The van der Waals surface area contributed by atoms with E-state index in [2.05, 4.69) is 264 Å². The summed E-state index contributed by atoms with van der Waals surface area (Å²) < 4.78 is 2.42. The van der Waals surface area contributed by atoms with Crippen LogP contribution < -0.4 is 4.90 Å². The van der Waals surface area contributed by atoms with E-state index >= 15 is 0 Å². The molecular weight excluding hydrogens is 797 g/mol. The molecule has 0 amide bonds. The molecule has 0 aliphatic rings. The second-order valence-corrected chi connectivity index (χ2v) is 17.2. The molecule has 308 valence electrons. The van der Waals surface area contributed by atoms with Gasteiger partial charge in [0.15, 0.2) is 0 Å². The monoisotopic (exact) mass is 838 g/mol. The molecule has 1 aromatic heterocycles. The van der Waals surface area contributed by atoms with Crippen LogP contribution in [0.1, 0.15) is 0 Å². The van der Waals surface area contributed by atoms with Gasteiger partial charge in [-0.2, -0.15) is 0 Å². The van der Waals surface area contributed by atoms with Gasteiger partial charge in [0, 0.05) is 38.8 Å². The summed E-state index contributed by atoms with van der Waals surface area (Å²) in [6.45, 7) is 0. The zero-order chi connectivity index (χ0) is 43.6. The first-order valence-corrected chi connectivity index (χ1v) is 22.8. The molecule has 12 aromatic carbocycles. The molecule has 0 aliphatic heterocycles. The third-order valence-corrected chi connectivity index (χ3v) is 13.5. The van der Waals surface area contributed by atoms with Gasteiger partial charge in [0.25, 0.3) is 0 Å². The molecule has 0 bridgehead atoms. The number of hydrogen-bond donors (Lipinski definition) is 0. The molecular formula is C64H42N2. The van der Waals surface area contributed by atoms with Gasteiger partial charge in [0.1, 0.15) is 0 Å².